The molecule has 0 aliphatic carbocycles. The first kappa shape index (κ1) is 16.1. The number of ether oxygens (including phenoxy) is 1. The lowest BCUT2D eigenvalue weighted by Gasteiger charge is -2.15. The van der Waals surface area contributed by atoms with E-state index in [0.717, 1.165) is 0 Å². The van der Waals surface area contributed by atoms with Crippen LogP contribution in [0.5, 0.6) is 0 Å². The van der Waals surface area contributed by atoms with E-state index in [0.29, 0.717) is 5.95 Å². The van der Waals surface area contributed by atoms with Gasteiger partial charge in [0, 0.05) is 25.1 Å². The summed E-state index contributed by atoms with van der Waals surface area (Å²) in [7, 11) is 1.61. The molecule has 0 fully saturated rings. The zero-order valence-corrected chi connectivity index (χ0v) is 11.7. The summed E-state index contributed by atoms with van der Waals surface area (Å²) in [4.78, 5) is 32.6. The highest BCUT2D eigenvalue weighted by Crippen LogP contribution is 2.03. The van der Waals surface area contributed by atoms with Crippen LogP contribution in [0.4, 0.5) is 5.95 Å². The molecule has 1 aromatic heterocycles. The van der Waals surface area contributed by atoms with Crippen LogP contribution < -0.4 is 10.6 Å². The highest BCUT2D eigenvalue weighted by Gasteiger charge is 2.16. The van der Waals surface area contributed by atoms with Crippen LogP contribution in [0.2, 0.25) is 0 Å². The molecule has 21 heavy (non-hydrogen) atoms. The third-order valence-electron chi connectivity index (χ3n) is 2.41. The average Bonchev–Trinajstić information content (AvgIpc) is 2.46. The Balaban J connectivity index is 2.51. The molecule has 0 unspecified atom stereocenters. The lowest BCUT2D eigenvalue weighted by molar-refractivity contribution is -0.145. The number of aromatic nitrogens is 2. The van der Waals surface area contributed by atoms with Gasteiger partial charge in [-0.25, -0.2) is 9.97 Å². The number of nitriles is 1. The van der Waals surface area contributed by atoms with E-state index in [1.807, 2.05) is 0 Å². The van der Waals surface area contributed by atoms with Gasteiger partial charge in [-0.3, -0.25) is 9.59 Å². The van der Waals surface area contributed by atoms with Gasteiger partial charge in [-0.05, 0) is 13.0 Å². The molecule has 8 nitrogen and oxygen atoms in total. The minimum absolute atomic E-state index is 0.0911. The van der Waals surface area contributed by atoms with Gasteiger partial charge in [-0.1, -0.05) is 0 Å². The molecule has 110 valence electrons. The molecule has 1 aromatic rings. The number of carbonyl (C=O) groups is 2. The Kier molecular flexibility index (Phi) is 5.82. The first-order chi connectivity index (χ1) is 9.95. The maximum Gasteiger partial charge on any atom is 0.326 e. The van der Waals surface area contributed by atoms with E-state index in [-0.39, 0.29) is 17.8 Å². The van der Waals surface area contributed by atoms with Crippen molar-refractivity contribution in [3.8, 4) is 6.07 Å². The van der Waals surface area contributed by atoms with Gasteiger partial charge in [0.1, 0.15) is 18.2 Å². The number of carbonyl (C=O) groups excluding carboxylic acids is 2. The number of rotatable bonds is 6. The third-order valence-corrected chi connectivity index (χ3v) is 2.41. The highest BCUT2D eigenvalue weighted by molar-refractivity contribution is 6.01. The number of Topliss-reactive ketones (excluding diaryl/α,β-unsaturated/α-hetero) is 1. The molecule has 0 bridgehead atoms. The maximum absolute atomic E-state index is 11.6. The fourth-order valence-corrected chi connectivity index (χ4v) is 1.39. The van der Waals surface area contributed by atoms with Crippen LogP contribution in [0.25, 0.3) is 0 Å². The maximum atomic E-state index is 11.6. The van der Waals surface area contributed by atoms with Crippen LogP contribution in [-0.2, 0) is 14.3 Å². The van der Waals surface area contributed by atoms with Crippen molar-refractivity contribution in [2.24, 2.45) is 5.73 Å². The normalized spacial score (nSPS) is 11.1. The van der Waals surface area contributed by atoms with E-state index in [2.05, 4.69) is 9.97 Å². The van der Waals surface area contributed by atoms with Crippen molar-refractivity contribution in [2.75, 3.05) is 25.1 Å². The van der Waals surface area contributed by atoms with Crippen molar-refractivity contribution in [1.82, 2.24) is 9.97 Å². The van der Waals surface area contributed by atoms with Gasteiger partial charge < -0.3 is 15.4 Å². The van der Waals surface area contributed by atoms with E-state index in [1.54, 1.807) is 31.6 Å². The summed E-state index contributed by atoms with van der Waals surface area (Å²) in [6, 6.07) is 3.33. The molecule has 0 amide bonds. The Labute approximate surface area is 121 Å². The molecule has 1 rings (SSSR count). The molecule has 2 N–H and O–H groups in total. The number of esters is 1. The summed E-state index contributed by atoms with van der Waals surface area (Å²) in [5, 5.41) is 8.75. The van der Waals surface area contributed by atoms with E-state index in [4.69, 9.17) is 15.7 Å². The molecule has 0 radical (unpaired) electrons. The van der Waals surface area contributed by atoms with E-state index in [1.165, 1.54) is 11.8 Å². The van der Waals surface area contributed by atoms with Gasteiger partial charge in [0.15, 0.2) is 6.61 Å². The summed E-state index contributed by atoms with van der Waals surface area (Å²) in [6.07, 6.45) is 3.09. The van der Waals surface area contributed by atoms with Crippen LogP contribution in [0.1, 0.15) is 6.92 Å². The molecule has 0 aliphatic rings. The standard InChI is InChI=1S/C13H15N5O3/c1-9(15)10(6-14)11(19)8-21-12(20)7-18(2)13-16-4-3-5-17-13/h3-5H,7-8,15H2,1-2H3/b10-9+. The summed E-state index contributed by atoms with van der Waals surface area (Å²) >= 11 is 0. The van der Waals surface area contributed by atoms with E-state index in [9.17, 15) is 9.59 Å². The summed E-state index contributed by atoms with van der Waals surface area (Å²) in [5.74, 6) is -0.911. The molecule has 0 spiro atoms. The van der Waals surface area contributed by atoms with Gasteiger partial charge in [-0.2, -0.15) is 5.26 Å². The fraction of sp³-hybridized carbons (Fsp3) is 0.308. The van der Waals surface area contributed by atoms with Crippen molar-refractivity contribution in [2.45, 2.75) is 6.92 Å². The zero-order chi connectivity index (χ0) is 15.8. The van der Waals surface area contributed by atoms with Crippen molar-refractivity contribution >= 4 is 17.7 Å². The van der Waals surface area contributed by atoms with Gasteiger partial charge in [0.25, 0.3) is 0 Å². The minimum atomic E-state index is -0.635. The molecule has 0 atom stereocenters. The Bertz CT molecular complexity index is 588. The second-order valence-corrected chi connectivity index (χ2v) is 4.16. The number of hydrogen-bond donors (Lipinski definition) is 1. The highest BCUT2D eigenvalue weighted by atomic mass is 16.5. The Morgan fingerprint density at radius 2 is 2.05 bits per heavy atom. The Morgan fingerprint density at radius 3 is 2.57 bits per heavy atom. The van der Waals surface area contributed by atoms with Gasteiger partial charge in [0.05, 0.1) is 0 Å². The molecular formula is C13H15N5O3. The molecule has 1 heterocycles. The third kappa shape index (κ3) is 4.91. The molecule has 0 aromatic carbocycles. The number of hydrogen-bond acceptors (Lipinski definition) is 8. The second kappa shape index (κ2) is 7.59. The number of nitrogens with zero attached hydrogens (tertiary/aromatic N) is 4. The van der Waals surface area contributed by atoms with Crippen LogP contribution in [-0.4, -0.2) is 41.9 Å². The van der Waals surface area contributed by atoms with Gasteiger partial charge >= 0.3 is 5.97 Å². The summed E-state index contributed by atoms with van der Waals surface area (Å²) < 4.78 is 4.80. The van der Waals surface area contributed by atoms with Crippen molar-refractivity contribution in [3.05, 3.63) is 29.7 Å². The molecular weight excluding hydrogens is 274 g/mol. The first-order valence-corrected chi connectivity index (χ1v) is 5.99. The Morgan fingerprint density at radius 1 is 1.43 bits per heavy atom. The zero-order valence-electron chi connectivity index (χ0n) is 11.7. The minimum Gasteiger partial charge on any atom is -0.456 e. The lowest BCUT2D eigenvalue weighted by atomic mass is 10.1. The van der Waals surface area contributed by atoms with Crippen LogP contribution in [0, 0.1) is 11.3 Å². The summed E-state index contributed by atoms with van der Waals surface area (Å²) in [6.45, 7) is 0.781. The van der Waals surface area contributed by atoms with Crippen molar-refractivity contribution < 1.29 is 14.3 Å². The number of likely N-dealkylation sites (N-methyl/N-ethyl adjacent to an activating group) is 1. The Hall–Kier alpha value is -2.95. The van der Waals surface area contributed by atoms with E-state index >= 15 is 0 Å². The molecule has 0 aliphatic heterocycles. The largest absolute Gasteiger partial charge is 0.456 e. The predicted octanol–water partition coefficient (Wildman–Crippen LogP) is -0.219. The summed E-state index contributed by atoms with van der Waals surface area (Å²) in [5.41, 5.74) is 5.27. The van der Waals surface area contributed by atoms with Crippen molar-refractivity contribution in [1.29, 1.82) is 5.26 Å². The van der Waals surface area contributed by atoms with Gasteiger partial charge in [0.2, 0.25) is 11.7 Å². The number of anilines is 1. The molecule has 0 saturated heterocycles. The second-order valence-electron chi connectivity index (χ2n) is 4.16. The average molecular weight is 289 g/mol. The fourth-order valence-electron chi connectivity index (χ4n) is 1.39. The predicted molar refractivity (Wildman–Crippen MR) is 73.8 cm³/mol. The number of allylic oxidation sites excluding steroid dienone is 1. The number of ketones is 1. The van der Waals surface area contributed by atoms with E-state index < -0.39 is 18.4 Å². The SMILES string of the molecule is C/C(N)=C(/C#N)C(=O)COC(=O)CN(C)c1ncccn1. The van der Waals surface area contributed by atoms with Crippen molar-refractivity contribution in [3.63, 3.8) is 0 Å². The van der Waals surface area contributed by atoms with Crippen LogP contribution >= 0.6 is 0 Å². The number of nitrogens with two attached hydrogens (primary N) is 1. The first-order valence-electron chi connectivity index (χ1n) is 5.99. The topological polar surface area (TPSA) is 122 Å². The molecule has 8 heteroatoms. The quantitative estimate of drug-likeness (QED) is 0.433. The molecule has 0 saturated carbocycles. The lowest BCUT2D eigenvalue weighted by Crippen LogP contribution is -2.30. The van der Waals surface area contributed by atoms with Gasteiger partial charge in [-0.15, -0.1) is 0 Å². The van der Waals surface area contributed by atoms with Crippen LogP contribution in [0.15, 0.2) is 29.7 Å². The van der Waals surface area contributed by atoms with Crippen LogP contribution in [0.3, 0.4) is 0 Å². The smallest absolute Gasteiger partial charge is 0.326 e. The monoisotopic (exact) mass is 289 g/mol.